The molecule has 0 aliphatic heterocycles. The molecule has 0 unspecified atom stereocenters. The second-order valence-electron chi connectivity index (χ2n) is 3.00. The van der Waals surface area contributed by atoms with Gasteiger partial charge in [-0.15, -0.1) is 0 Å². The van der Waals surface area contributed by atoms with E-state index < -0.39 is 0 Å². The Hall–Kier alpha value is -0.900. The van der Waals surface area contributed by atoms with Crippen molar-refractivity contribution in [2.45, 2.75) is 13.3 Å². The van der Waals surface area contributed by atoms with E-state index in [0.29, 0.717) is 0 Å². The zero-order valence-corrected chi connectivity index (χ0v) is 10.0. The van der Waals surface area contributed by atoms with Gasteiger partial charge in [0.2, 0.25) is 0 Å². The number of hydrogen-bond acceptors (Lipinski definition) is 3. The molecule has 0 spiro atoms. The third kappa shape index (κ3) is 2.54. The highest BCUT2D eigenvalue weighted by Crippen LogP contribution is 2.32. The molecule has 14 heavy (non-hydrogen) atoms. The lowest BCUT2D eigenvalue weighted by molar-refractivity contribution is 0.412. The normalized spacial score (nSPS) is 9.93. The molecule has 0 radical (unpaired) electrons. The predicted octanol–water partition coefficient (Wildman–Crippen LogP) is 2.86. The zero-order chi connectivity index (χ0) is 10.6. The van der Waals surface area contributed by atoms with E-state index in [1.807, 2.05) is 12.1 Å². The molecule has 0 heterocycles. The van der Waals surface area contributed by atoms with Crippen LogP contribution >= 0.6 is 15.9 Å². The van der Waals surface area contributed by atoms with Crippen molar-refractivity contribution in [1.29, 1.82) is 0 Å². The van der Waals surface area contributed by atoms with Gasteiger partial charge in [-0.25, -0.2) is 0 Å². The number of methoxy groups -OCH3 is 1. The number of nitrogens with one attached hydrogen (secondary N) is 1. The quantitative estimate of drug-likeness (QED) is 0.817. The summed E-state index contributed by atoms with van der Waals surface area (Å²) in [4.78, 5) is 0. The first-order chi connectivity index (χ1) is 6.69. The molecule has 0 atom stereocenters. The highest BCUT2D eigenvalue weighted by molar-refractivity contribution is 9.10. The molecule has 0 aromatic heterocycles. The number of anilines is 2. The SMILES string of the molecule is CCCNc1cc(OC)c(Br)cc1N. The number of hydrogen-bond donors (Lipinski definition) is 2. The Labute approximate surface area is 92.8 Å². The Morgan fingerprint density at radius 2 is 2.21 bits per heavy atom. The van der Waals surface area contributed by atoms with Gasteiger partial charge in [0.1, 0.15) is 5.75 Å². The maximum absolute atomic E-state index is 5.84. The summed E-state index contributed by atoms with van der Waals surface area (Å²) in [5.74, 6) is 0.790. The summed E-state index contributed by atoms with van der Waals surface area (Å²) < 4.78 is 6.05. The van der Waals surface area contributed by atoms with Gasteiger partial charge < -0.3 is 15.8 Å². The average molecular weight is 259 g/mol. The molecular weight excluding hydrogens is 244 g/mol. The van der Waals surface area contributed by atoms with Crippen molar-refractivity contribution < 1.29 is 4.74 Å². The van der Waals surface area contributed by atoms with E-state index in [0.717, 1.165) is 34.6 Å². The van der Waals surface area contributed by atoms with Crippen molar-refractivity contribution in [1.82, 2.24) is 0 Å². The first kappa shape index (κ1) is 11.2. The topological polar surface area (TPSA) is 47.3 Å². The van der Waals surface area contributed by atoms with Crippen LogP contribution < -0.4 is 15.8 Å². The Bertz CT molecular complexity index is 315. The van der Waals surface area contributed by atoms with Crippen molar-refractivity contribution in [3.8, 4) is 5.75 Å². The summed E-state index contributed by atoms with van der Waals surface area (Å²) in [6.45, 7) is 3.02. The average Bonchev–Trinajstić information content (AvgIpc) is 2.17. The Morgan fingerprint density at radius 1 is 1.50 bits per heavy atom. The minimum atomic E-state index is 0.728. The third-order valence-electron chi connectivity index (χ3n) is 1.89. The van der Waals surface area contributed by atoms with Gasteiger partial charge in [0.25, 0.3) is 0 Å². The first-order valence-corrected chi connectivity index (χ1v) is 5.35. The van der Waals surface area contributed by atoms with Gasteiger partial charge in [-0.05, 0) is 28.4 Å². The van der Waals surface area contributed by atoms with Gasteiger partial charge in [-0.2, -0.15) is 0 Å². The molecule has 0 aliphatic rings. The highest BCUT2D eigenvalue weighted by atomic mass is 79.9. The van der Waals surface area contributed by atoms with E-state index in [4.69, 9.17) is 10.5 Å². The van der Waals surface area contributed by atoms with Gasteiger partial charge in [-0.3, -0.25) is 0 Å². The van der Waals surface area contributed by atoms with Crippen LogP contribution in [0.15, 0.2) is 16.6 Å². The number of rotatable bonds is 4. The van der Waals surface area contributed by atoms with E-state index in [1.165, 1.54) is 0 Å². The highest BCUT2D eigenvalue weighted by Gasteiger charge is 2.05. The maximum atomic E-state index is 5.84. The van der Waals surface area contributed by atoms with Gasteiger partial charge in [0.05, 0.1) is 23.0 Å². The van der Waals surface area contributed by atoms with Crippen LogP contribution in [0.25, 0.3) is 0 Å². The molecule has 78 valence electrons. The minimum absolute atomic E-state index is 0.728. The number of nitrogens with two attached hydrogens (primary N) is 1. The van der Waals surface area contributed by atoms with Crippen LogP contribution in [0, 0.1) is 0 Å². The molecular formula is C10H15BrN2O. The second-order valence-corrected chi connectivity index (χ2v) is 3.86. The summed E-state index contributed by atoms with van der Waals surface area (Å²) in [7, 11) is 1.64. The largest absolute Gasteiger partial charge is 0.495 e. The standard InChI is InChI=1S/C10H15BrN2O/c1-3-4-13-9-6-10(14-2)7(11)5-8(9)12/h5-6,13H,3-4,12H2,1-2H3. The van der Waals surface area contributed by atoms with Crippen molar-refractivity contribution in [2.24, 2.45) is 0 Å². The summed E-state index contributed by atoms with van der Waals surface area (Å²) in [5, 5.41) is 3.24. The number of halogens is 1. The molecule has 1 aromatic rings. The van der Waals surface area contributed by atoms with E-state index >= 15 is 0 Å². The molecule has 3 N–H and O–H groups in total. The minimum Gasteiger partial charge on any atom is -0.495 e. The predicted molar refractivity (Wildman–Crippen MR) is 63.9 cm³/mol. The molecule has 0 amide bonds. The van der Waals surface area contributed by atoms with Crippen LogP contribution in [0.5, 0.6) is 5.75 Å². The zero-order valence-electron chi connectivity index (χ0n) is 8.43. The number of nitrogen functional groups attached to an aromatic ring is 1. The number of ether oxygens (including phenoxy) is 1. The lowest BCUT2D eigenvalue weighted by Gasteiger charge is -2.11. The van der Waals surface area contributed by atoms with Crippen LogP contribution in [0.4, 0.5) is 11.4 Å². The molecule has 4 heteroatoms. The molecule has 0 fully saturated rings. The summed E-state index contributed by atoms with van der Waals surface area (Å²) in [5.41, 5.74) is 7.49. The molecule has 0 saturated carbocycles. The fraction of sp³-hybridized carbons (Fsp3) is 0.400. The first-order valence-electron chi connectivity index (χ1n) is 4.56. The Morgan fingerprint density at radius 3 is 2.79 bits per heavy atom. The fourth-order valence-electron chi connectivity index (χ4n) is 1.14. The van der Waals surface area contributed by atoms with Crippen molar-refractivity contribution >= 4 is 27.3 Å². The second kappa shape index (κ2) is 5.10. The summed E-state index contributed by atoms with van der Waals surface area (Å²) in [6, 6.07) is 3.74. The monoisotopic (exact) mass is 258 g/mol. The van der Waals surface area contributed by atoms with Crippen LogP contribution in [-0.4, -0.2) is 13.7 Å². The van der Waals surface area contributed by atoms with Gasteiger partial charge in [0, 0.05) is 12.6 Å². The van der Waals surface area contributed by atoms with E-state index in [2.05, 4.69) is 28.2 Å². The lowest BCUT2D eigenvalue weighted by atomic mass is 10.2. The summed E-state index contributed by atoms with van der Waals surface area (Å²) in [6.07, 6.45) is 1.07. The van der Waals surface area contributed by atoms with Gasteiger partial charge in [0.15, 0.2) is 0 Å². The number of benzene rings is 1. The fourth-order valence-corrected chi connectivity index (χ4v) is 1.66. The van der Waals surface area contributed by atoms with E-state index in [1.54, 1.807) is 7.11 Å². The molecule has 1 rings (SSSR count). The molecule has 0 saturated heterocycles. The summed E-state index contributed by atoms with van der Waals surface area (Å²) >= 11 is 3.38. The van der Waals surface area contributed by atoms with Crippen molar-refractivity contribution in [2.75, 3.05) is 24.7 Å². The van der Waals surface area contributed by atoms with Crippen LogP contribution in [0.3, 0.4) is 0 Å². The molecule has 0 bridgehead atoms. The third-order valence-corrected chi connectivity index (χ3v) is 2.51. The smallest absolute Gasteiger partial charge is 0.135 e. The molecule has 0 aliphatic carbocycles. The van der Waals surface area contributed by atoms with Gasteiger partial charge >= 0.3 is 0 Å². The van der Waals surface area contributed by atoms with Crippen LogP contribution in [0.1, 0.15) is 13.3 Å². The molecule has 1 aromatic carbocycles. The van der Waals surface area contributed by atoms with Crippen molar-refractivity contribution in [3.05, 3.63) is 16.6 Å². The maximum Gasteiger partial charge on any atom is 0.135 e. The molecule has 3 nitrogen and oxygen atoms in total. The van der Waals surface area contributed by atoms with Gasteiger partial charge in [-0.1, -0.05) is 6.92 Å². The Kier molecular flexibility index (Phi) is 4.07. The van der Waals surface area contributed by atoms with Crippen molar-refractivity contribution in [3.63, 3.8) is 0 Å². The lowest BCUT2D eigenvalue weighted by Crippen LogP contribution is -2.03. The van der Waals surface area contributed by atoms with E-state index in [-0.39, 0.29) is 0 Å². The Balaban J connectivity index is 2.92. The van der Waals surface area contributed by atoms with Crippen LogP contribution in [-0.2, 0) is 0 Å². The van der Waals surface area contributed by atoms with E-state index in [9.17, 15) is 0 Å². The van der Waals surface area contributed by atoms with Crippen LogP contribution in [0.2, 0.25) is 0 Å².